The number of nitrogens with zero attached hydrogens (tertiary/aromatic N) is 2. The van der Waals surface area contributed by atoms with Crippen molar-refractivity contribution in [1.82, 2.24) is 9.47 Å². The van der Waals surface area contributed by atoms with E-state index in [1.165, 1.54) is 13.2 Å². The summed E-state index contributed by atoms with van der Waals surface area (Å²) in [5.41, 5.74) is 2.61. The van der Waals surface area contributed by atoms with E-state index in [1.807, 2.05) is 18.2 Å². The van der Waals surface area contributed by atoms with Crippen molar-refractivity contribution in [2.75, 3.05) is 32.1 Å². The van der Waals surface area contributed by atoms with Crippen molar-refractivity contribution >= 4 is 28.5 Å². The zero-order valence-corrected chi connectivity index (χ0v) is 17.1. The molecule has 0 spiro atoms. The van der Waals surface area contributed by atoms with Gasteiger partial charge < -0.3 is 19.5 Å². The molecule has 0 atom stereocenters. The molecule has 1 heterocycles. The fourth-order valence-electron chi connectivity index (χ4n) is 3.37. The van der Waals surface area contributed by atoms with Crippen molar-refractivity contribution in [3.05, 3.63) is 65.9 Å². The number of fused-ring (bicyclic) bond motifs is 1. The summed E-state index contributed by atoms with van der Waals surface area (Å²) in [7, 11) is 1.32. The molecule has 6 heteroatoms. The summed E-state index contributed by atoms with van der Waals surface area (Å²) in [5, 5.41) is 3.98. The summed E-state index contributed by atoms with van der Waals surface area (Å²) in [6.45, 7) is 8.37. The second-order valence-corrected chi connectivity index (χ2v) is 6.84. The third-order valence-electron chi connectivity index (χ3n) is 5.13. The molecule has 29 heavy (non-hydrogen) atoms. The van der Waals surface area contributed by atoms with Crippen LogP contribution in [0.15, 0.2) is 54.7 Å². The minimum atomic E-state index is -0.466. The van der Waals surface area contributed by atoms with E-state index in [0.29, 0.717) is 16.8 Å². The Morgan fingerprint density at radius 2 is 1.79 bits per heavy atom. The SMILES string of the molecule is CCN(CC)CCn1ccc2cc(NC(=O)c3cccc(C(=O)OC)c3)ccc21. The molecule has 3 aromatic rings. The van der Waals surface area contributed by atoms with E-state index in [9.17, 15) is 9.59 Å². The largest absolute Gasteiger partial charge is 0.465 e. The van der Waals surface area contributed by atoms with Gasteiger partial charge in [0, 0.05) is 41.4 Å². The van der Waals surface area contributed by atoms with Crippen LogP contribution in [0.4, 0.5) is 5.69 Å². The van der Waals surface area contributed by atoms with Crippen LogP contribution in [0.3, 0.4) is 0 Å². The quantitative estimate of drug-likeness (QED) is 0.587. The van der Waals surface area contributed by atoms with E-state index in [-0.39, 0.29) is 5.91 Å². The molecular weight excluding hydrogens is 366 g/mol. The zero-order valence-electron chi connectivity index (χ0n) is 17.1. The van der Waals surface area contributed by atoms with Crippen LogP contribution in [0.1, 0.15) is 34.6 Å². The predicted octanol–water partition coefficient (Wildman–Crippen LogP) is 4.02. The number of benzene rings is 2. The van der Waals surface area contributed by atoms with Crippen LogP contribution >= 0.6 is 0 Å². The van der Waals surface area contributed by atoms with Crippen molar-refractivity contribution in [2.45, 2.75) is 20.4 Å². The molecule has 152 valence electrons. The maximum Gasteiger partial charge on any atom is 0.337 e. The molecule has 0 aliphatic heterocycles. The van der Waals surface area contributed by atoms with Gasteiger partial charge >= 0.3 is 5.97 Å². The first kappa shape index (κ1) is 20.6. The lowest BCUT2D eigenvalue weighted by atomic mass is 10.1. The van der Waals surface area contributed by atoms with Crippen LogP contribution in [-0.4, -0.2) is 48.1 Å². The van der Waals surface area contributed by atoms with Crippen LogP contribution in [0.25, 0.3) is 10.9 Å². The van der Waals surface area contributed by atoms with Gasteiger partial charge in [0.15, 0.2) is 0 Å². The van der Waals surface area contributed by atoms with Gasteiger partial charge in [-0.3, -0.25) is 4.79 Å². The molecule has 1 N–H and O–H groups in total. The maximum atomic E-state index is 12.6. The van der Waals surface area contributed by atoms with E-state index in [1.54, 1.807) is 18.2 Å². The van der Waals surface area contributed by atoms with Gasteiger partial charge in [-0.05, 0) is 55.6 Å². The topological polar surface area (TPSA) is 63.6 Å². The standard InChI is InChI=1S/C23H27N3O3/c1-4-25(5-2)13-14-26-12-11-17-16-20(9-10-21(17)26)24-22(27)18-7-6-8-19(15-18)23(28)29-3/h6-12,15-16H,4-5,13-14H2,1-3H3,(H,24,27). The normalized spacial score (nSPS) is 11.0. The Balaban J connectivity index is 1.73. The first-order valence-electron chi connectivity index (χ1n) is 9.86. The fourth-order valence-corrected chi connectivity index (χ4v) is 3.37. The highest BCUT2D eigenvalue weighted by Crippen LogP contribution is 2.21. The number of likely N-dealkylation sites (N-methyl/N-ethyl adjacent to an activating group) is 1. The molecule has 0 fully saturated rings. The van der Waals surface area contributed by atoms with Gasteiger partial charge in [-0.2, -0.15) is 0 Å². The number of anilines is 1. The van der Waals surface area contributed by atoms with Gasteiger partial charge in [0.1, 0.15) is 0 Å². The number of hydrogen-bond donors (Lipinski definition) is 1. The molecule has 6 nitrogen and oxygen atoms in total. The average Bonchev–Trinajstić information content (AvgIpc) is 3.16. The second kappa shape index (κ2) is 9.39. The fraction of sp³-hybridized carbons (Fsp3) is 0.304. The molecule has 1 aromatic heterocycles. The lowest BCUT2D eigenvalue weighted by Crippen LogP contribution is -2.26. The minimum Gasteiger partial charge on any atom is -0.465 e. The van der Waals surface area contributed by atoms with E-state index in [4.69, 9.17) is 4.74 Å². The average molecular weight is 393 g/mol. The Morgan fingerprint density at radius 3 is 2.52 bits per heavy atom. The van der Waals surface area contributed by atoms with Crippen molar-refractivity contribution < 1.29 is 14.3 Å². The van der Waals surface area contributed by atoms with Crippen molar-refractivity contribution in [3.8, 4) is 0 Å². The van der Waals surface area contributed by atoms with E-state index < -0.39 is 5.97 Å². The molecule has 0 unspecified atom stereocenters. The highest BCUT2D eigenvalue weighted by atomic mass is 16.5. The van der Waals surface area contributed by atoms with Crippen LogP contribution in [0, 0.1) is 0 Å². The number of nitrogens with one attached hydrogen (secondary N) is 1. The summed E-state index contributed by atoms with van der Waals surface area (Å²) in [6, 6.07) is 14.4. The lowest BCUT2D eigenvalue weighted by Gasteiger charge is -2.18. The van der Waals surface area contributed by atoms with E-state index in [0.717, 1.165) is 37.1 Å². The van der Waals surface area contributed by atoms with Gasteiger partial charge in [0.25, 0.3) is 5.91 Å². The first-order valence-corrected chi connectivity index (χ1v) is 9.86. The number of rotatable bonds is 8. The Labute approximate surface area is 171 Å². The number of methoxy groups -OCH3 is 1. The third kappa shape index (κ3) is 4.84. The second-order valence-electron chi connectivity index (χ2n) is 6.84. The highest BCUT2D eigenvalue weighted by Gasteiger charge is 2.12. The Kier molecular flexibility index (Phi) is 6.67. The van der Waals surface area contributed by atoms with Gasteiger partial charge in [-0.25, -0.2) is 4.79 Å². The number of carbonyl (C=O) groups excluding carboxylic acids is 2. The summed E-state index contributed by atoms with van der Waals surface area (Å²) < 4.78 is 6.95. The van der Waals surface area contributed by atoms with Crippen molar-refractivity contribution in [1.29, 1.82) is 0 Å². The zero-order chi connectivity index (χ0) is 20.8. The number of ether oxygens (including phenoxy) is 1. The maximum absolute atomic E-state index is 12.6. The van der Waals surface area contributed by atoms with Gasteiger partial charge in [-0.1, -0.05) is 19.9 Å². The third-order valence-corrected chi connectivity index (χ3v) is 5.13. The summed E-state index contributed by atoms with van der Waals surface area (Å²) in [5.74, 6) is -0.733. The lowest BCUT2D eigenvalue weighted by molar-refractivity contribution is 0.0600. The molecule has 0 aliphatic carbocycles. The van der Waals surface area contributed by atoms with E-state index >= 15 is 0 Å². The molecule has 0 saturated heterocycles. The van der Waals surface area contributed by atoms with Crippen LogP contribution < -0.4 is 5.32 Å². The molecule has 0 aliphatic rings. The number of esters is 1. The van der Waals surface area contributed by atoms with Crippen LogP contribution in [0.5, 0.6) is 0 Å². The molecule has 0 radical (unpaired) electrons. The molecule has 1 amide bonds. The number of amides is 1. The van der Waals surface area contributed by atoms with Crippen LogP contribution in [-0.2, 0) is 11.3 Å². The first-order chi connectivity index (χ1) is 14.0. The van der Waals surface area contributed by atoms with Gasteiger partial charge in [0.2, 0.25) is 0 Å². The predicted molar refractivity (Wildman–Crippen MR) is 115 cm³/mol. The minimum absolute atomic E-state index is 0.268. The number of aromatic nitrogens is 1. The Bertz CT molecular complexity index is 1010. The van der Waals surface area contributed by atoms with Crippen molar-refractivity contribution in [3.63, 3.8) is 0 Å². The van der Waals surface area contributed by atoms with E-state index in [2.05, 4.69) is 40.9 Å². The van der Waals surface area contributed by atoms with Crippen LogP contribution in [0.2, 0.25) is 0 Å². The number of carbonyl (C=O) groups is 2. The Hall–Kier alpha value is -3.12. The highest BCUT2D eigenvalue weighted by molar-refractivity contribution is 6.06. The summed E-state index contributed by atoms with van der Waals surface area (Å²) in [6.07, 6.45) is 2.08. The monoisotopic (exact) mass is 393 g/mol. The Morgan fingerprint density at radius 1 is 1.03 bits per heavy atom. The molecule has 3 rings (SSSR count). The van der Waals surface area contributed by atoms with Gasteiger partial charge in [0.05, 0.1) is 12.7 Å². The smallest absolute Gasteiger partial charge is 0.337 e. The van der Waals surface area contributed by atoms with Gasteiger partial charge in [-0.15, -0.1) is 0 Å². The van der Waals surface area contributed by atoms with Crippen molar-refractivity contribution in [2.24, 2.45) is 0 Å². The molecular formula is C23H27N3O3. The summed E-state index contributed by atoms with van der Waals surface area (Å²) >= 11 is 0. The number of hydrogen-bond acceptors (Lipinski definition) is 4. The molecule has 0 bridgehead atoms. The summed E-state index contributed by atoms with van der Waals surface area (Å²) in [4.78, 5) is 26.6. The molecule has 0 saturated carbocycles. The molecule has 2 aromatic carbocycles.